The van der Waals surface area contributed by atoms with Crippen LogP contribution in [0.5, 0.6) is 0 Å². The molecule has 0 aromatic carbocycles. The molecule has 0 radical (unpaired) electrons. The third-order valence-electron chi connectivity index (χ3n) is 6.85. The minimum absolute atomic E-state index is 0.0643. The molecule has 0 aliphatic carbocycles. The Morgan fingerprint density at radius 2 is 1.74 bits per heavy atom. The van der Waals surface area contributed by atoms with Crippen LogP contribution in [-0.2, 0) is 18.5 Å². The van der Waals surface area contributed by atoms with Crippen molar-refractivity contribution in [1.82, 2.24) is 39.0 Å². The summed E-state index contributed by atoms with van der Waals surface area (Å²) in [5.74, 6) is -0.183. The quantitative estimate of drug-likeness (QED) is 0.0876. The van der Waals surface area contributed by atoms with Crippen LogP contribution in [0.1, 0.15) is 12.5 Å². The third kappa shape index (κ3) is 4.95. The van der Waals surface area contributed by atoms with Gasteiger partial charge in [-0.25, -0.2) is 0 Å². The van der Waals surface area contributed by atoms with Crippen LogP contribution in [0.25, 0.3) is 22.3 Å². The number of ether oxygens (including phenoxy) is 2. The molecule has 0 unspecified atom stereocenters. The summed E-state index contributed by atoms with van der Waals surface area (Å²) in [4.78, 5) is 45.2. The standard InChI is InChI=1S/C20H25F2N10O8PS/c21-8-6(1-33)38-19(32-5-28-11-16(32)29-20(24)30-17(11)35)13(8)40-41(36,42)37-2-7-12(34)9(22)18(39-7)31-4-27-10-14(23)25-3-26-15(10)31/h3-9,12-13,18-19,33-34,36,41-42H,1-2H2,(H2,23,25,26)(H3,24,29,30,35)/t6-,7-,8+,9+,12+,13+,18-,19-/m1/s1. The van der Waals surface area contributed by atoms with Crippen molar-refractivity contribution >= 4 is 53.5 Å². The number of nitrogens with zero attached hydrogens (tertiary/aromatic N) is 7. The van der Waals surface area contributed by atoms with Gasteiger partial charge in [-0.1, -0.05) is 0 Å². The van der Waals surface area contributed by atoms with Crippen LogP contribution in [0.4, 0.5) is 20.5 Å². The third-order valence-corrected chi connectivity index (χ3v) is 8.67. The number of thiol groups is 1. The zero-order valence-electron chi connectivity index (χ0n) is 21.1. The number of rotatable bonds is 8. The Labute approximate surface area is 238 Å². The van der Waals surface area contributed by atoms with Gasteiger partial charge in [0.25, 0.3) is 0 Å². The van der Waals surface area contributed by atoms with Crippen molar-refractivity contribution in [1.29, 1.82) is 0 Å². The molecule has 22 heteroatoms. The number of anilines is 2. The number of imidazole rings is 2. The Morgan fingerprint density at radius 1 is 1.05 bits per heavy atom. The van der Waals surface area contributed by atoms with Crippen molar-refractivity contribution in [3.8, 4) is 0 Å². The van der Waals surface area contributed by atoms with E-state index in [4.69, 9.17) is 30.0 Å². The fraction of sp³-hybridized carbons (Fsp3) is 0.500. The maximum atomic E-state index is 15.3. The van der Waals surface area contributed by atoms with Crippen LogP contribution in [0, 0.1) is 0 Å². The predicted molar refractivity (Wildman–Crippen MR) is 143 cm³/mol. The van der Waals surface area contributed by atoms with Gasteiger partial charge >= 0.3 is 238 Å². The number of aromatic nitrogens is 8. The summed E-state index contributed by atoms with van der Waals surface area (Å²) in [5, 5.41) is 20.1. The van der Waals surface area contributed by atoms with Gasteiger partial charge < -0.3 is 0 Å². The molecule has 42 heavy (non-hydrogen) atoms. The van der Waals surface area contributed by atoms with Gasteiger partial charge in [-0.05, 0) is 0 Å². The molecule has 18 nitrogen and oxygen atoms in total. The number of aromatic amines is 1. The SMILES string of the molecule is Nc1nc2c(ncn2[C@@H]2O[C@H](CO)[C@H](F)[C@@H]2O[PH](O)(S)OC[C@H]2O[C@@H](n3cnc4c(N)ncnc43)[C@@H](F)[C@H]2O)c(=O)[nH]1. The van der Waals surface area contributed by atoms with Gasteiger partial charge in [0.05, 0.1) is 0 Å². The summed E-state index contributed by atoms with van der Waals surface area (Å²) in [7, 11) is -4.58. The minimum atomic E-state index is -4.58. The molecular formula is C20H25F2N10O8PS. The number of nitrogen functional groups attached to an aromatic ring is 2. The first kappa shape index (κ1) is 29.0. The van der Waals surface area contributed by atoms with Crippen molar-refractivity contribution in [2.45, 2.75) is 49.2 Å². The Morgan fingerprint density at radius 3 is 2.48 bits per heavy atom. The van der Waals surface area contributed by atoms with Gasteiger partial charge in [-0.3, -0.25) is 0 Å². The van der Waals surface area contributed by atoms with Gasteiger partial charge in [-0.2, -0.15) is 0 Å². The normalized spacial score (nSPS) is 30.5. The molecule has 2 saturated heterocycles. The second-order valence-corrected chi connectivity index (χ2v) is 12.8. The van der Waals surface area contributed by atoms with E-state index in [1.807, 2.05) is 0 Å². The second-order valence-electron chi connectivity index (χ2n) is 9.49. The van der Waals surface area contributed by atoms with Crippen LogP contribution < -0.4 is 17.0 Å². The van der Waals surface area contributed by atoms with E-state index in [9.17, 15) is 19.9 Å². The number of aliphatic hydroxyl groups excluding tert-OH is 2. The number of nitrogens with one attached hydrogen (secondary N) is 1. The van der Waals surface area contributed by atoms with Crippen molar-refractivity contribution in [2.75, 3.05) is 24.7 Å². The van der Waals surface area contributed by atoms with E-state index >= 15 is 8.78 Å². The van der Waals surface area contributed by atoms with Crippen molar-refractivity contribution < 1.29 is 42.4 Å². The van der Waals surface area contributed by atoms with Crippen LogP contribution >= 0.6 is 19.4 Å². The summed E-state index contributed by atoms with van der Waals surface area (Å²) in [5.41, 5.74) is 10.9. The number of hydrogen-bond donors (Lipinski definition) is 7. The number of hydrogen-bond acceptors (Lipinski definition) is 16. The number of fused-ring (bicyclic) bond motifs is 2. The molecular weight excluding hydrogens is 609 g/mol. The van der Waals surface area contributed by atoms with Gasteiger partial charge in [0.15, 0.2) is 0 Å². The van der Waals surface area contributed by atoms with Gasteiger partial charge in [0.1, 0.15) is 0 Å². The average molecular weight is 635 g/mol. The summed E-state index contributed by atoms with van der Waals surface area (Å²) < 4.78 is 55.0. The fourth-order valence-electron chi connectivity index (χ4n) is 4.84. The van der Waals surface area contributed by atoms with E-state index in [0.29, 0.717) is 0 Å². The van der Waals surface area contributed by atoms with E-state index in [1.165, 1.54) is 10.9 Å². The molecule has 6 heterocycles. The number of aliphatic hydroxyl groups is 2. The van der Waals surface area contributed by atoms with Gasteiger partial charge in [-0.15, -0.1) is 0 Å². The maximum absolute atomic E-state index is 15.3. The molecule has 4 aromatic heterocycles. The first-order chi connectivity index (χ1) is 20.0. The van der Waals surface area contributed by atoms with E-state index in [1.54, 1.807) is 0 Å². The van der Waals surface area contributed by atoms with Crippen molar-refractivity contribution in [3.05, 3.63) is 29.3 Å². The molecule has 0 amide bonds. The van der Waals surface area contributed by atoms with Gasteiger partial charge in [0, 0.05) is 0 Å². The van der Waals surface area contributed by atoms with Crippen LogP contribution in [0.15, 0.2) is 23.8 Å². The Bertz CT molecular complexity index is 1680. The van der Waals surface area contributed by atoms with E-state index in [-0.39, 0.29) is 34.1 Å². The summed E-state index contributed by atoms with van der Waals surface area (Å²) >= 11 is 4.04. The fourth-order valence-corrected chi connectivity index (χ4v) is 6.48. The van der Waals surface area contributed by atoms with E-state index < -0.39 is 75.1 Å². The molecule has 2 fully saturated rings. The van der Waals surface area contributed by atoms with E-state index in [0.717, 1.165) is 17.2 Å². The zero-order chi connectivity index (χ0) is 29.9. The molecule has 8 atom stereocenters. The molecule has 2 aliphatic rings. The molecule has 8 N–H and O–H groups in total. The predicted octanol–water partition coefficient (Wildman–Crippen LogP) is -1.32. The number of H-pyrrole nitrogens is 1. The first-order valence-corrected chi connectivity index (χ1v) is 15.3. The van der Waals surface area contributed by atoms with Crippen molar-refractivity contribution in [3.63, 3.8) is 0 Å². The average Bonchev–Trinajstić information content (AvgIpc) is 3.69. The molecule has 2 aliphatic heterocycles. The Balaban J connectivity index is 1.18. The summed E-state index contributed by atoms with van der Waals surface area (Å²) in [6.07, 6.45) is -9.32. The summed E-state index contributed by atoms with van der Waals surface area (Å²) in [6.45, 7) is -1.37. The molecule has 228 valence electrons. The topological polar surface area (TPSA) is 257 Å². The monoisotopic (exact) mass is 634 g/mol. The second kappa shape index (κ2) is 10.8. The van der Waals surface area contributed by atoms with Crippen LogP contribution in [-0.4, -0.2) is 104 Å². The first-order valence-electron chi connectivity index (χ1n) is 12.3. The zero-order valence-corrected chi connectivity index (χ0v) is 23.0. The number of nitrogens with two attached hydrogens (primary N) is 2. The Kier molecular flexibility index (Phi) is 7.48. The van der Waals surface area contributed by atoms with Crippen LogP contribution in [0.2, 0.25) is 0 Å². The molecule has 0 spiro atoms. The molecule has 0 saturated carbocycles. The molecule has 6 rings (SSSR count). The number of halogens is 2. The Hall–Kier alpha value is -3.14. The summed E-state index contributed by atoms with van der Waals surface area (Å²) in [6, 6.07) is 0. The number of alkyl halides is 2. The molecule has 4 aromatic rings. The van der Waals surface area contributed by atoms with Gasteiger partial charge in [0.2, 0.25) is 0 Å². The van der Waals surface area contributed by atoms with Crippen LogP contribution in [0.3, 0.4) is 0 Å². The van der Waals surface area contributed by atoms with E-state index in [2.05, 4.69) is 42.2 Å². The van der Waals surface area contributed by atoms with Crippen molar-refractivity contribution in [2.24, 2.45) is 0 Å². The molecule has 0 bridgehead atoms.